The number of nitrogens with zero attached hydrogens (tertiary/aromatic N) is 1. The minimum Gasteiger partial charge on any atom is -0.350 e. The number of pyridine rings is 1. The first-order chi connectivity index (χ1) is 15.3. The number of carbonyl (C=O) groups excluding carboxylic acids is 1. The summed E-state index contributed by atoms with van der Waals surface area (Å²) in [4.78, 5) is 16.4. The third-order valence-corrected chi connectivity index (χ3v) is 8.11. The average Bonchev–Trinajstić information content (AvgIpc) is 3.17. The van der Waals surface area contributed by atoms with Crippen molar-refractivity contribution in [2.45, 2.75) is 13.5 Å². The molecule has 4 aromatic rings. The molecule has 8 heteroatoms. The van der Waals surface area contributed by atoms with Crippen molar-refractivity contribution in [3.8, 4) is 0 Å². The summed E-state index contributed by atoms with van der Waals surface area (Å²) in [5, 5.41) is 4.84. The highest BCUT2D eigenvalue weighted by Gasteiger charge is 2.36. The molecule has 32 heavy (non-hydrogen) atoms. The number of halogens is 1. The molecule has 0 spiro atoms. The minimum atomic E-state index is -3.60. The molecule has 6 nitrogen and oxygen atoms in total. The Kier molecular flexibility index (Phi) is 6.20. The van der Waals surface area contributed by atoms with Crippen LogP contribution in [-0.2, 0) is 22.7 Å². The van der Waals surface area contributed by atoms with Crippen LogP contribution in [-0.4, -0.2) is 18.0 Å². The van der Waals surface area contributed by atoms with Gasteiger partial charge in [-0.3, -0.25) is 9.36 Å². The van der Waals surface area contributed by atoms with Gasteiger partial charge in [-0.25, -0.2) is 4.57 Å². The van der Waals surface area contributed by atoms with Gasteiger partial charge in [0.25, 0.3) is 13.3 Å². The average molecular weight is 469 g/mol. The lowest BCUT2D eigenvalue weighted by Crippen LogP contribution is -2.31. The number of fused-ring (bicyclic) bond motifs is 1. The van der Waals surface area contributed by atoms with Crippen LogP contribution in [0.2, 0.25) is 5.02 Å². The number of aryl methyl sites for hydroxylation is 2. The van der Waals surface area contributed by atoms with Crippen LogP contribution in [0.15, 0.2) is 67.0 Å². The largest absolute Gasteiger partial charge is 0.350 e. The summed E-state index contributed by atoms with van der Waals surface area (Å²) in [7, 11) is -0.268. The summed E-state index contributed by atoms with van der Waals surface area (Å²) in [6, 6.07) is 16.4. The second-order valence-electron chi connectivity index (χ2n) is 7.67. The summed E-state index contributed by atoms with van der Waals surface area (Å²) in [5.41, 5.74) is 2.76. The van der Waals surface area contributed by atoms with E-state index in [-0.39, 0.29) is 11.6 Å². The van der Waals surface area contributed by atoms with E-state index in [0.717, 1.165) is 11.1 Å². The van der Waals surface area contributed by atoms with Crippen molar-refractivity contribution in [2.75, 3.05) is 7.11 Å². The van der Waals surface area contributed by atoms with Gasteiger partial charge in [0.1, 0.15) is 12.7 Å². The number of amides is 1. The van der Waals surface area contributed by atoms with E-state index in [2.05, 4.69) is 10.3 Å². The molecule has 0 fully saturated rings. The topological polar surface area (TPSA) is 75.1 Å². The Morgan fingerprint density at radius 2 is 1.91 bits per heavy atom. The Morgan fingerprint density at radius 3 is 2.59 bits per heavy atom. The number of rotatable bonds is 6. The van der Waals surface area contributed by atoms with Crippen LogP contribution >= 0.6 is 19.0 Å². The molecule has 0 aliphatic carbocycles. The van der Waals surface area contributed by atoms with Crippen LogP contribution in [0.1, 0.15) is 21.6 Å². The molecule has 0 saturated carbocycles. The number of aromatic amines is 1. The number of aromatic nitrogens is 2. The molecule has 1 amide bonds. The number of H-pyrrole nitrogens is 1. The van der Waals surface area contributed by atoms with E-state index < -0.39 is 7.37 Å². The zero-order chi connectivity index (χ0) is 22.9. The Labute approximate surface area is 191 Å². The first-order valence-electron chi connectivity index (χ1n) is 10.1. The molecule has 0 aliphatic heterocycles. The molecule has 2 heterocycles. The quantitative estimate of drug-likeness (QED) is 0.334. The van der Waals surface area contributed by atoms with Gasteiger partial charge in [-0.2, -0.15) is 0 Å². The van der Waals surface area contributed by atoms with Crippen LogP contribution in [0.4, 0.5) is 0 Å². The smallest absolute Gasteiger partial charge is 0.268 e. The summed E-state index contributed by atoms with van der Waals surface area (Å²) in [6.07, 6.45) is 3.82. The highest BCUT2D eigenvalue weighted by Crippen LogP contribution is 2.47. The van der Waals surface area contributed by atoms with Crippen molar-refractivity contribution >= 4 is 46.4 Å². The number of benzene rings is 2. The SMILES string of the molecule is COP(=O)(c1cccc(C)c1)c1c(C(=O)NCc2cc[n+](C)cc2)[nH]c2ccc(Cl)cc12. The molecule has 2 N–H and O–H groups in total. The van der Waals surface area contributed by atoms with E-state index >= 15 is 0 Å². The normalized spacial score (nSPS) is 13.1. The molecule has 0 saturated heterocycles. The first-order valence-corrected chi connectivity index (χ1v) is 12.1. The van der Waals surface area contributed by atoms with Crippen molar-refractivity contribution in [2.24, 2.45) is 7.05 Å². The molecule has 1 unspecified atom stereocenters. The van der Waals surface area contributed by atoms with Gasteiger partial charge in [0.2, 0.25) is 0 Å². The molecule has 1 atom stereocenters. The van der Waals surface area contributed by atoms with Crippen molar-refractivity contribution in [3.63, 3.8) is 0 Å². The van der Waals surface area contributed by atoms with Gasteiger partial charge < -0.3 is 14.8 Å². The van der Waals surface area contributed by atoms with E-state index in [1.807, 2.05) is 61.3 Å². The minimum absolute atomic E-state index is 0.204. The third kappa shape index (κ3) is 4.22. The maximum atomic E-state index is 14.3. The van der Waals surface area contributed by atoms with Crippen molar-refractivity contribution < 1.29 is 18.5 Å². The van der Waals surface area contributed by atoms with Gasteiger partial charge in [-0.05, 0) is 42.8 Å². The van der Waals surface area contributed by atoms with Gasteiger partial charge in [0.05, 0.1) is 5.30 Å². The lowest BCUT2D eigenvalue weighted by Gasteiger charge is -2.18. The molecular formula is C24H24ClN3O3P+. The molecule has 4 rings (SSSR count). The highest BCUT2D eigenvalue weighted by molar-refractivity contribution is 7.75. The fraction of sp³-hybridized carbons (Fsp3) is 0.167. The summed E-state index contributed by atoms with van der Waals surface area (Å²) in [6.45, 7) is 2.25. The predicted molar refractivity (Wildman–Crippen MR) is 127 cm³/mol. The van der Waals surface area contributed by atoms with Crippen LogP contribution < -0.4 is 20.5 Å². The zero-order valence-corrected chi connectivity index (χ0v) is 19.7. The van der Waals surface area contributed by atoms with Gasteiger partial charge in [0.15, 0.2) is 12.4 Å². The van der Waals surface area contributed by atoms with E-state index in [1.54, 1.807) is 24.3 Å². The molecular weight excluding hydrogens is 445 g/mol. The van der Waals surface area contributed by atoms with Crippen LogP contribution in [0, 0.1) is 6.92 Å². The number of hydrogen-bond donors (Lipinski definition) is 2. The van der Waals surface area contributed by atoms with Crippen molar-refractivity contribution in [1.29, 1.82) is 0 Å². The summed E-state index contributed by atoms with van der Waals surface area (Å²) >= 11 is 6.25. The maximum Gasteiger partial charge on any atom is 0.268 e. The number of carbonyl (C=O) groups is 1. The monoisotopic (exact) mass is 468 g/mol. The second kappa shape index (κ2) is 8.91. The Morgan fingerprint density at radius 1 is 1.16 bits per heavy atom. The predicted octanol–water partition coefficient (Wildman–Crippen LogP) is 3.76. The fourth-order valence-electron chi connectivity index (χ4n) is 3.68. The zero-order valence-electron chi connectivity index (χ0n) is 18.1. The molecule has 2 aromatic heterocycles. The van der Waals surface area contributed by atoms with Crippen LogP contribution in [0.25, 0.3) is 10.9 Å². The molecule has 0 bridgehead atoms. The third-order valence-electron chi connectivity index (χ3n) is 5.35. The molecule has 0 aliphatic rings. The van der Waals surface area contributed by atoms with Gasteiger partial charge in [-0.1, -0.05) is 29.3 Å². The fourth-order valence-corrected chi connectivity index (χ4v) is 6.11. The van der Waals surface area contributed by atoms with Gasteiger partial charge >= 0.3 is 0 Å². The molecule has 164 valence electrons. The van der Waals surface area contributed by atoms with Crippen LogP contribution in [0.5, 0.6) is 0 Å². The molecule has 0 radical (unpaired) electrons. The first kappa shape index (κ1) is 22.3. The van der Waals surface area contributed by atoms with Crippen molar-refractivity contribution in [3.05, 3.63) is 88.8 Å². The van der Waals surface area contributed by atoms with Gasteiger partial charge in [-0.15, -0.1) is 0 Å². The lowest BCUT2D eigenvalue weighted by molar-refractivity contribution is -0.671. The highest BCUT2D eigenvalue weighted by atomic mass is 35.5. The second-order valence-corrected chi connectivity index (χ2v) is 10.5. The van der Waals surface area contributed by atoms with Crippen LogP contribution in [0.3, 0.4) is 0 Å². The lowest BCUT2D eigenvalue weighted by atomic mass is 10.2. The van der Waals surface area contributed by atoms with E-state index in [1.165, 1.54) is 7.11 Å². The Balaban J connectivity index is 1.82. The van der Waals surface area contributed by atoms with E-state index in [9.17, 15) is 9.36 Å². The van der Waals surface area contributed by atoms with E-state index in [0.29, 0.717) is 33.1 Å². The van der Waals surface area contributed by atoms with Crippen molar-refractivity contribution in [1.82, 2.24) is 10.3 Å². The molecule has 2 aromatic carbocycles. The Hall–Kier alpha value is -2.92. The standard InChI is InChI=1S/C24H23ClN3O3P/c1-16-5-4-6-19(13-16)32(30,31-3)23-20-14-18(25)7-8-21(20)27-22(23)24(29)26-15-17-9-11-28(2)12-10-17/h4-14H,15H2,1-3H3,(H-,26,27,29,30)/p+1. The van der Waals surface area contributed by atoms with Gasteiger partial charge in [0, 0.05) is 47.0 Å². The summed E-state index contributed by atoms with van der Waals surface area (Å²) < 4.78 is 21.9. The number of nitrogens with one attached hydrogen (secondary N) is 2. The number of hydrogen-bond acceptors (Lipinski definition) is 3. The van der Waals surface area contributed by atoms with E-state index in [4.69, 9.17) is 16.1 Å². The Bertz CT molecular complexity index is 1350. The summed E-state index contributed by atoms with van der Waals surface area (Å²) in [5.74, 6) is -0.370. The maximum absolute atomic E-state index is 14.3.